The molecule has 0 spiro atoms. The average Bonchev–Trinajstić information content (AvgIpc) is 2.88. The van der Waals surface area contributed by atoms with Crippen molar-refractivity contribution < 1.29 is 33.8 Å². The molecule has 192 valence electrons. The minimum absolute atomic E-state index is 0.0285. The molecule has 0 saturated heterocycles. The van der Waals surface area contributed by atoms with Gasteiger partial charge in [-0.1, -0.05) is 67.1 Å². The van der Waals surface area contributed by atoms with E-state index in [1.54, 1.807) is 54.6 Å². The number of carboxylic acid groups (broad SMARTS) is 1. The van der Waals surface area contributed by atoms with Gasteiger partial charge in [-0.3, -0.25) is 9.59 Å². The fourth-order valence-electron chi connectivity index (χ4n) is 4.02. The molecule has 2 amide bonds. The molecule has 1 aliphatic rings. The lowest BCUT2D eigenvalue weighted by Gasteiger charge is -2.24. The van der Waals surface area contributed by atoms with Crippen molar-refractivity contribution in [2.24, 2.45) is 0 Å². The number of benzene rings is 2. The highest BCUT2D eigenvalue weighted by Gasteiger charge is 2.30. The molecule has 1 saturated carbocycles. The normalized spacial score (nSPS) is 15.2. The van der Waals surface area contributed by atoms with E-state index in [-0.39, 0.29) is 19.1 Å². The van der Waals surface area contributed by atoms with Crippen LogP contribution < -0.4 is 10.6 Å². The molecule has 2 atom stereocenters. The van der Waals surface area contributed by atoms with Gasteiger partial charge < -0.3 is 25.2 Å². The predicted molar refractivity (Wildman–Crippen MR) is 131 cm³/mol. The molecule has 1 aliphatic carbocycles. The van der Waals surface area contributed by atoms with Gasteiger partial charge in [0.15, 0.2) is 0 Å². The number of ether oxygens (including phenoxy) is 2. The van der Waals surface area contributed by atoms with Crippen LogP contribution in [0.1, 0.15) is 49.7 Å². The third-order valence-corrected chi connectivity index (χ3v) is 5.94. The molecule has 3 N–H and O–H groups in total. The molecule has 0 unspecified atom stereocenters. The Balaban J connectivity index is 1.64. The number of esters is 1. The summed E-state index contributed by atoms with van der Waals surface area (Å²) in [6, 6.07) is 15.2. The van der Waals surface area contributed by atoms with Crippen LogP contribution in [0.5, 0.6) is 0 Å². The first-order valence-electron chi connectivity index (χ1n) is 12.1. The Labute approximate surface area is 210 Å². The fraction of sp³-hybridized carbons (Fsp3) is 0.407. The van der Waals surface area contributed by atoms with Crippen LogP contribution in [0.3, 0.4) is 0 Å². The quantitative estimate of drug-likeness (QED) is 0.407. The highest BCUT2D eigenvalue weighted by molar-refractivity contribution is 5.92. The minimum atomic E-state index is -1.36. The van der Waals surface area contributed by atoms with Crippen LogP contribution in [-0.2, 0) is 36.9 Å². The summed E-state index contributed by atoms with van der Waals surface area (Å²) in [7, 11) is 0. The second kappa shape index (κ2) is 13.9. The molecule has 9 nitrogen and oxygen atoms in total. The van der Waals surface area contributed by atoms with Crippen molar-refractivity contribution in [2.45, 2.75) is 69.7 Å². The van der Waals surface area contributed by atoms with Gasteiger partial charge in [0.05, 0.1) is 6.42 Å². The van der Waals surface area contributed by atoms with E-state index in [0.29, 0.717) is 5.56 Å². The van der Waals surface area contributed by atoms with E-state index in [2.05, 4.69) is 10.6 Å². The summed E-state index contributed by atoms with van der Waals surface area (Å²) in [5.74, 6) is -2.68. The lowest BCUT2D eigenvalue weighted by Crippen LogP contribution is -2.53. The van der Waals surface area contributed by atoms with Crippen molar-refractivity contribution in [3.05, 3.63) is 71.8 Å². The number of nitrogens with one attached hydrogen (secondary N) is 2. The molecule has 2 aromatic carbocycles. The van der Waals surface area contributed by atoms with Crippen LogP contribution in [0.4, 0.5) is 4.79 Å². The number of alkyl carbamates (subject to hydrolysis) is 1. The molecule has 0 aromatic heterocycles. The number of carbonyl (C=O) groups excluding carboxylic acids is 3. The van der Waals surface area contributed by atoms with Gasteiger partial charge in [-0.25, -0.2) is 9.59 Å². The lowest BCUT2D eigenvalue weighted by atomic mass is 9.98. The summed E-state index contributed by atoms with van der Waals surface area (Å²) in [4.78, 5) is 49.9. The first-order valence-corrected chi connectivity index (χ1v) is 12.1. The second-order valence-electron chi connectivity index (χ2n) is 8.80. The number of carboxylic acids is 1. The van der Waals surface area contributed by atoms with E-state index in [1.807, 2.05) is 6.07 Å². The zero-order chi connectivity index (χ0) is 25.8. The molecular weight excluding hydrogens is 464 g/mol. The monoisotopic (exact) mass is 496 g/mol. The number of hydrogen-bond acceptors (Lipinski definition) is 6. The van der Waals surface area contributed by atoms with E-state index in [4.69, 9.17) is 9.47 Å². The van der Waals surface area contributed by atoms with Crippen LogP contribution >= 0.6 is 0 Å². The topological polar surface area (TPSA) is 131 Å². The number of aliphatic carboxylic acids is 1. The van der Waals surface area contributed by atoms with E-state index >= 15 is 0 Å². The molecule has 1 fully saturated rings. The summed E-state index contributed by atoms with van der Waals surface area (Å²) in [6.45, 7) is -0.0285. The molecule has 0 heterocycles. The molecule has 36 heavy (non-hydrogen) atoms. The molecule has 2 aromatic rings. The van der Waals surface area contributed by atoms with Crippen molar-refractivity contribution >= 4 is 23.9 Å². The molecule has 0 bridgehead atoms. The molecule has 3 rings (SSSR count). The van der Waals surface area contributed by atoms with E-state index < -0.39 is 42.4 Å². The van der Waals surface area contributed by atoms with Gasteiger partial charge in [-0.05, 0) is 36.8 Å². The van der Waals surface area contributed by atoms with Crippen LogP contribution in [0.25, 0.3) is 0 Å². The zero-order valence-electron chi connectivity index (χ0n) is 20.1. The number of amides is 2. The summed E-state index contributed by atoms with van der Waals surface area (Å²) in [6.07, 6.45) is 3.01. The predicted octanol–water partition coefficient (Wildman–Crippen LogP) is 3.36. The summed E-state index contributed by atoms with van der Waals surface area (Å²) in [5, 5.41) is 14.5. The Hall–Kier alpha value is -3.88. The van der Waals surface area contributed by atoms with Gasteiger partial charge in [-0.2, -0.15) is 0 Å². The Morgan fingerprint density at radius 1 is 0.833 bits per heavy atom. The van der Waals surface area contributed by atoms with Crippen molar-refractivity contribution in [1.82, 2.24) is 10.6 Å². The van der Waals surface area contributed by atoms with Gasteiger partial charge in [0, 0.05) is 6.42 Å². The largest absolute Gasteiger partial charge is 0.480 e. The van der Waals surface area contributed by atoms with Crippen LogP contribution in [-0.4, -0.2) is 47.2 Å². The molecular formula is C27H32N2O7. The SMILES string of the molecule is O=C(C[C@H](NC(=O)OCc1ccccc1)C(=O)N[C@@H](Cc1ccccc1)C(=O)O)OC1CCCCC1. The van der Waals surface area contributed by atoms with Gasteiger partial charge in [0.25, 0.3) is 0 Å². The van der Waals surface area contributed by atoms with E-state index in [0.717, 1.165) is 37.7 Å². The van der Waals surface area contributed by atoms with Crippen LogP contribution in [0.15, 0.2) is 60.7 Å². The number of hydrogen-bond donors (Lipinski definition) is 3. The van der Waals surface area contributed by atoms with Crippen molar-refractivity contribution in [1.29, 1.82) is 0 Å². The molecule has 0 aliphatic heterocycles. The number of carbonyl (C=O) groups is 4. The fourth-order valence-corrected chi connectivity index (χ4v) is 4.02. The van der Waals surface area contributed by atoms with Gasteiger partial charge >= 0.3 is 18.0 Å². The van der Waals surface area contributed by atoms with Crippen molar-refractivity contribution in [2.75, 3.05) is 0 Å². The van der Waals surface area contributed by atoms with E-state index in [1.165, 1.54) is 0 Å². The summed E-state index contributed by atoms with van der Waals surface area (Å²) >= 11 is 0. The first-order chi connectivity index (χ1) is 17.4. The molecule has 0 radical (unpaired) electrons. The smallest absolute Gasteiger partial charge is 0.408 e. The van der Waals surface area contributed by atoms with Crippen LogP contribution in [0, 0.1) is 0 Å². The Bertz CT molecular complexity index is 1010. The van der Waals surface area contributed by atoms with E-state index in [9.17, 15) is 24.3 Å². The third kappa shape index (κ3) is 9.05. The maximum atomic E-state index is 13.0. The van der Waals surface area contributed by atoms with Crippen LogP contribution in [0.2, 0.25) is 0 Å². The first kappa shape index (κ1) is 26.7. The number of rotatable bonds is 11. The maximum absolute atomic E-state index is 13.0. The Morgan fingerprint density at radius 3 is 2.06 bits per heavy atom. The average molecular weight is 497 g/mol. The zero-order valence-corrected chi connectivity index (χ0v) is 20.1. The summed E-state index contributed by atoms with van der Waals surface area (Å²) in [5.41, 5.74) is 1.47. The van der Waals surface area contributed by atoms with Crippen molar-refractivity contribution in [3.8, 4) is 0 Å². The summed E-state index contributed by atoms with van der Waals surface area (Å²) < 4.78 is 10.7. The maximum Gasteiger partial charge on any atom is 0.408 e. The third-order valence-electron chi connectivity index (χ3n) is 5.94. The Kier molecular flexibility index (Phi) is 10.3. The van der Waals surface area contributed by atoms with Gasteiger partial charge in [0.1, 0.15) is 24.8 Å². The highest BCUT2D eigenvalue weighted by atomic mass is 16.6. The van der Waals surface area contributed by atoms with Gasteiger partial charge in [-0.15, -0.1) is 0 Å². The molecule has 9 heteroatoms. The highest BCUT2D eigenvalue weighted by Crippen LogP contribution is 2.21. The standard InChI is InChI=1S/C27H32N2O7/c30-24(36-21-14-8-3-9-15-21)17-22(29-27(34)35-18-20-12-6-2-7-13-20)25(31)28-23(26(32)33)16-19-10-4-1-5-11-19/h1-2,4-7,10-13,21-23H,3,8-9,14-18H2,(H,28,31)(H,29,34)(H,32,33)/t22-,23-/m0/s1. The second-order valence-corrected chi connectivity index (χ2v) is 8.80. The van der Waals surface area contributed by atoms with Crippen molar-refractivity contribution in [3.63, 3.8) is 0 Å². The Morgan fingerprint density at radius 2 is 1.44 bits per heavy atom. The van der Waals surface area contributed by atoms with Gasteiger partial charge in [0.2, 0.25) is 5.91 Å². The lowest BCUT2D eigenvalue weighted by molar-refractivity contribution is -0.152. The minimum Gasteiger partial charge on any atom is -0.480 e.